The summed E-state index contributed by atoms with van der Waals surface area (Å²) in [4.78, 5) is 24.3. The van der Waals surface area contributed by atoms with Gasteiger partial charge in [-0.3, -0.25) is 10.1 Å². The van der Waals surface area contributed by atoms with Crippen LogP contribution in [0.5, 0.6) is 0 Å². The zero-order chi connectivity index (χ0) is 16.7. The van der Waals surface area contributed by atoms with Crippen molar-refractivity contribution in [3.8, 4) is 0 Å². The molecule has 0 unspecified atom stereocenters. The summed E-state index contributed by atoms with van der Waals surface area (Å²) in [6.07, 6.45) is 0.700. The summed E-state index contributed by atoms with van der Waals surface area (Å²) in [6.45, 7) is 0.186. The van der Waals surface area contributed by atoms with Gasteiger partial charge in [0.05, 0.1) is 17.3 Å². The van der Waals surface area contributed by atoms with Crippen molar-refractivity contribution in [2.24, 2.45) is 0 Å². The second kappa shape index (κ2) is 8.50. The maximum atomic E-state index is 13.6. The summed E-state index contributed by atoms with van der Waals surface area (Å²) >= 11 is 7.24. The Morgan fingerprint density at radius 3 is 2.78 bits per heavy atom. The van der Waals surface area contributed by atoms with Gasteiger partial charge in [0.2, 0.25) is 5.91 Å². The SMILES string of the molecule is O=C(CNc1cccc(Cl)c1F)NC(=O)NCCc1cccs1. The van der Waals surface area contributed by atoms with Gasteiger partial charge < -0.3 is 10.6 Å². The van der Waals surface area contributed by atoms with Crippen LogP contribution in [0.4, 0.5) is 14.9 Å². The van der Waals surface area contributed by atoms with E-state index in [1.807, 2.05) is 17.5 Å². The topological polar surface area (TPSA) is 70.2 Å². The van der Waals surface area contributed by atoms with Gasteiger partial charge in [-0.1, -0.05) is 23.7 Å². The quantitative estimate of drug-likeness (QED) is 0.746. The predicted octanol–water partition coefficient (Wildman–Crippen LogP) is 3.02. The van der Waals surface area contributed by atoms with E-state index in [0.717, 1.165) is 4.88 Å². The molecule has 122 valence electrons. The molecular formula is C15H15ClFN3O2S. The lowest BCUT2D eigenvalue weighted by molar-refractivity contribution is -0.118. The zero-order valence-electron chi connectivity index (χ0n) is 12.1. The molecule has 8 heteroatoms. The Morgan fingerprint density at radius 2 is 2.04 bits per heavy atom. The number of imide groups is 1. The molecule has 0 saturated heterocycles. The highest BCUT2D eigenvalue weighted by Gasteiger charge is 2.10. The Labute approximate surface area is 141 Å². The minimum atomic E-state index is -0.637. The highest BCUT2D eigenvalue weighted by atomic mass is 35.5. The fourth-order valence-corrected chi connectivity index (χ4v) is 2.67. The molecule has 0 atom stereocenters. The molecule has 2 aromatic rings. The number of benzene rings is 1. The van der Waals surface area contributed by atoms with Gasteiger partial charge in [-0.25, -0.2) is 9.18 Å². The molecule has 3 amide bonds. The number of hydrogen-bond acceptors (Lipinski definition) is 4. The number of carbonyl (C=O) groups excluding carboxylic acids is 2. The van der Waals surface area contributed by atoms with E-state index >= 15 is 0 Å². The number of anilines is 1. The van der Waals surface area contributed by atoms with Crippen LogP contribution in [0.2, 0.25) is 5.02 Å². The number of amides is 3. The van der Waals surface area contributed by atoms with E-state index in [-0.39, 0.29) is 17.3 Å². The van der Waals surface area contributed by atoms with Gasteiger partial charge in [0, 0.05) is 11.4 Å². The lowest BCUT2D eigenvalue weighted by atomic mass is 10.3. The highest BCUT2D eigenvalue weighted by molar-refractivity contribution is 7.09. The molecule has 0 aliphatic heterocycles. The fourth-order valence-electron chi connectivity index (χ4n) is 1.78. The Bertz CT molecular complexity index is 679. The van der Waals surface area contributed by atoms with Gasteiger partial charge in [-0.15, -0.1) is 11.3 Å². The van der Waals surface area contributed by atoms with Crippen LogP contribution in [0.1, 0.15) is 4.88 Å². The Balaban J connectivity index is 1.69. The normalized spacial score (nSPS) is 10.2. The van der Waals surface area contributed by atoms with E-state index in [1.165, 1.54) is 12.1 Å². The summed E-state index contributed by atoms with van der Waals surface area (Å²) in [5, 5.41) is 9.25. The number of rotatable bonds is 6. The predicted molar refractivity (Wildman–Crippen MR) is 89.5 cm³/mol. The third kappa shape index (κ3) is 5.54. The van der Waals surface area contributed by atoms with Crippen LogP contribution in [0, 0.1) is 5.82 Å². The van der Waals surface area contributed by atoms with Crippen LogP contribution in [-0.2, 0) is 11.2 Å². The first-order chi connectivity index (χ1) is 11.1. The molecule has 0 radical (unpaired) electrons. The van der Waals surface area contributed by atoms with Crippen molar-refractivity contribution >= 4 is 40.6 Å². The first kappa shape index (κ1) is 17.2. The second-order valence-corrected chi connectivity index (χ2v) is 6.03. The Hall–Kier alpha value is -2.12. The molecule has 5 nitrogen and oxygen atoms in total. The molecule has 0 aliphatic carbocycles. The monoisotopic (exact) mass is 355 g/mol. The number of halogens is 2. The van der Waals surface area contributed by atoms with E-state index in [1.54, 1.807) is 17.4 Å². The molecule has 0 spiro atoms. The lowest BCUT2D eigenvalue weighted by Gasteiger charge is -2.09. The van der Waals surface area contributed by atoms with E-state index in [9.17, 15) is 14.0 Å². The summed E-state index contributed by atoms with van der Waals surface area (Å²) in [6, 6.07) is 7.74. The molecule has 0 bridgehead atoms. The number of carbonyl (C=O) groups is 2. The van der Waals surface area contributed by atoms with Crippen LogP contribution in [0.3, 0.4) is 0 Å². The average molecular weight is 356 g/mol. The molecule has 3 N–H and O–H groups in total. The summed E-state index contributed by atoms with van der Waals surface area (Å²) < 4.78 is 13.6. The number of hydrogen-bond donors (Lipinski definition) is 3. The van der Waals surface area contributed by atoms with E-state index in [0.29, 0.717) is 13.0 Å². The van der Waals surface area contributed by atoms with Crippen molar-refractivity contribution in [2.75, 3.05) is 18.4 Å². The summed E-state index contributed by atoms with van der Waals surface area (Å²) in [5.41, 5.74) is 0.103. The smallest absolute Gasteiger partial charge is 0.321 e. The molecule has 1 aromatic carbocycles. The minimum absolute atomic E-state index is 0.0401. The van der Waals surface area contributed by atoms with Gasteiger partial charge in [0.25, 0.3) is 0 Å². The molecule has 0 aliphatic rings. The molecule has 23 heavy (non-hydrogen) atoms. The minimum Gasteiger partial charge on any atom is -0.374 e. The van der Waals surface area contributed by atoms with Crippen molar-refractivity contribution in [1.29, 1.82) is 0 Å². The van der Waals surface area contributed by atoms with Crippen molar-refractivity contribution < 1.29 is 14.0 Å². The third-order valence-corrected chi connectivity index (χ3v) is 4.11. The van der Waals surface area contributed by atoms with E-state index in [2.05, 4.69) is 16.0 Å². The van der Waals surface area contributed by atoms with Gasteiger partial charge in [0.1, 0.15) is 0 Å². The van der Waals surface area contributed by atoms with Crippen molar-refractivity contribution in [3.05, 3.63) is 51.4 Å². The number of thiophene rings is 1. The van der Waals surface area contributed by atoms with Crippen LogP contribution >= 0.6 is 22.9 Å². The maximum Gasteiger partial charge on any atom is 0.321 e. The van der Waals surface area contributed by atoms with Crippen molar-refractivity contribution in [1.82, 2.24) is 10.6 Å². The van der Waals surface area contributed by atoms with Gasteiger partial charge in [0.15, 0.2) is 5.82 Å². The second-order valence-electron chi connectivity index (χ2n) is 4.59. The van der Waals surface area contributed by atoms with Crippen molar-refractivity contribution in [3.63, 3.8) is 0 Å². The summed E-state index contributed by atoms with van der Waals surface area (Å²) in [7, 11) is 0. The van der Waals surface area contributed by atoms with Crippen LogP contribution < -0.4 is 16.0 Å². The van der Waals surface area contributed by atoms with E-state index in [4.69, 9.17) is 11.6 Å². The maximum absolute atomic E-state index is 13.6. The van der Waals surface area contributed by atoms with Gasteiger partial charge in [-0.2, -0.15) is 0 Å². The van der Waals surface area contributed by atoms with Crippen molar-refractivity contribution in [2.45, 2.75) is 6.42 Å². The van der Waals surface area contributed by atoms with E-state index < -0.39 is 17.8 Å². The first-order valence-electron chi connectivity index (χ1n) is 6.84. The van der Waals surface area contributed by atoms with Crippen LogP contribution in [0.15, 0.2) is 35.7 Å². The lowest BCUT2D eigenvalue weighted by Crippen LogP contribution is -2.42. The first-order valence-corrected chi connectivity index (χ1v) is 8.10. The zero-order valence-corrected chi connectivity index (χ0v) is 13.6. The van der Waals surface area contributed by atoms with Gasteiger partial charge in [-0.05, 0) is 30.0 Å². The molecule has 1 aromatic heterocycles. The van der Waals surface area contributed by atoms with Crippen LogP contribution in [0.25, 0.3) is 0 Å². The molecule has 0 fully saturated rings. The molecule has 2 rings (SSSR count). The standard InChI is InChI=1S/C15H15ClFN3O2S/c16-11-4-1-5-12(14(11)17)19-9-13(21)20-15(22)18-7-6-10-3-2-8-23-10/h1-5,8,19H,6-7,9H2,(H2,18,20,21,22). The summed E-state index contributed by atoms with van der Waals surface area (Å²) in [5.74, 6) is -1.21. The number of nitrogens with one attached hydrogen (secondary N) is 3. The third-order valence-electron chi connectivity index (χ3n) is 2.88. The largest absolute Gasteiger partial charge is 0.374 e. The Kier molecular flexibility index (Phi) is 6.37. The molecule has 0 saturated carbocycles. The average Bonchev–Trinajstić information content (AvgIpc) is 3.02. The van der Waals surface area contributed by atoms with Gasteiger partial charge >= 0.3 is 6.03 Å². The fraction of sp³-hybridized carbons (Fsp3) is 0.200. The van der Waals surface area contributed by atoms with Crippen LogP contribution in [-0.4, -0.2) is 25.0 Å². The molecule has 1 heterocycles. The Morgan fingerprint density at radius 1 is 1.22 bits per heavy atom. The highest BCUT2D eigenvalue weighted by Crippen LogP contribution is 2.21. The number of urea groups is 1. The molecular weight excluding hydrogens is 341 g/mol.